The monoisotopic (exact) mass is 424 g/mol. The lowest BCUT2D eigenvalue weighted by atomic mass is 9.84. The standard InChI is InChI=1S/C27H36O4/c1-8-30-26(28)20(7)14-19(6)24-16-22(17(2)3)15-23(18(4)5)25(24)31-27(29)21-12-10-9-11-13-21/h9-13,15-20H,8,14H2,1-7H3. The van der Waals surface area contributed by atoms with Gasteiger partial charge in [-0.3, -0.25) is 4.79 Å². The molecule has 2 rings (SSSR count). The average Bonchev–Trinajstić information content (AvgIpc) is 2.73. The molecule has 0 saturated carbocycles. The second-order valence-electron chi connectivity index (χ2n) is 8.88. The molecule has 0 aliphatic rings. The maximum absolute atomic E-state index is 12.9. The summed E-state index contributed by atoms with van der Waals surface area (Å²) in [6.07, 6.45) is 0.619. The molecule has 0 spiro atoms. The summed E-state index contributed by atoms with van der Waals surface area (Å²) in [4.78, 5) is 25.1. The van der Waals surface area contributed by atoms with E-state index in [4.69, 9.17) is 9.47 Å². The van der Waals surface area contributed by atoms with Gasteiger partial charge in [-0.1, -0.05) is 71.9 Å². The third-order valence-electron chi connectivity index (χ3n) is 5.59. The molecule has 0 N–H and O–H groups in total. The normalized spacial score (nSPS) is 13.2. The zero-order valence-corrected chi connectivity index (χ0v) is 19.9. The van der Waals surface area contributed by atoms with Crippen LogP contribution in [0.3, 0.4) is 0 Å². The van der Waals surface area contributed by atoms with Gasteiger partial charge in [0, 0.05) is 0 Å². The van der Waals surface area contributed by atoms with Crippen molar-refractivity contribution < 1.29 is 19.1 Å². The Morgan fingerprint density at radius 1 is 0.871 bits per heavy atom. The Morgan fingerprint density at radius 2 is 1.48 bits per heavy atom. The molecular formula is C27H36O4. The van der Waals surface area contributed by atoms with Crippen molar-refractivity contribution in [2.75, 3.05) is 6.61 Å². The van der Waals surface area contributed by atoms with E-state index in [2.05, 4.69) is 46.8 Å². The summed E-state index contributed by atoms with van der Waals surface area (Å²) < 4.78 is 11.2. The minimum atomic E-state index is -0.369. The van der Waals surface area contributed by atoms with E-state index in [1.807, 2.05) is 32.0 Å². The second kappa shape index (κ2) is 11.1. The molecule has 31 heavy (non-hydrogen) atoms. The van der Waals surface area contributed by atoms with E-state index in [-0.39, 0.29) is 29.7 Å². The van der Waals surface area contributed by atoms with Crippen LogP contribution >= 0.6 is 0 Å². The fourth-order valence-corrected chi connectivity index (χ4v) is 3.71. The molecule has 2 aromatic rings. The van der Waals surface area contributed by atoms with E-state index >= 15 is 0 Å². The van der Waals surface area contributed by atoms with Crippen LogP contribution in [0.5, 0.6) is 5.75 Å². The summed E-state index contributed by atoms with van der Waals surface area (Å²) in [5.41, 5.74) is 3.70. The number of carbonyl (C=O) groups excluding carboxylic acids is 2. The molecule has 0 bridgehead atoms. The Morgan fingerprint density at radius 3 is 2.03 bits per heavy atom. The highest BCUT2D eigenvalue weighted by Gasteiger charge is 2.25. The van der Waals surface area contributed by atoms with E-state index in [0.29, 0.717) is 30.3 Å². The lowest BCUT2D eigenvalue weighted by molar-refractivity contribution is -0.147. The largest absolute Gasteiger partial charge is 0.466 e. The van der Waals surface area contributed by atoms with Crippen LogP contribution in [0, 0.1) is 5.92 Å². The number of hydrogen-bond acceptors (Lipinski definition) is 4. The molecule has 0 amide bonds. The van der Waals surface area contributed by atoms with Crippen molar-refractivity contribution >= 4 is 11.9 Å². The van der Waals surface area contributed by atoms with Crippen molar-refractivity contribution in [3.63, 3.8) is 0 Å². The first-order valence-electron chi connectivity index (χ1n) is 11.3. The smallest absolute Gasteiger partial charge is 0.343 e. The van der Waals surface area contributed by atoms with Gasteiger partial charge < -0.3 is 9.47 Å². The van der Waals surface area contributed by atoms with Crippen LogP contribution in [-0.2, 0) is 9.53 Å². The van der Waals surface area contributed by atoms with Gasteiger partial charge in [-0.2, -0.15) is 0 Å². The van der Waals surface area contributed by atoms with Gasteiger partial charge in [-0.15, -0.1) is 0 Å². The number of benzene rings is 2. The SMILES string of the molecule is CCOC(=O)C(C)CC(C)c1cc(C(C)C)cc(C(C)C)c1OC(=O)c1ccccc1. The molecule has 2 atom stereocenters. The van der Waals surface area contributed by atoms with E-state index in [0.717, 1.165) is 11.1 Å². The van der Waals surface area contributed by atoms with E-state index in [9.17, 15) is 9.59 Å². The molecule has 4 nitrogen and oxygen atoms in total. The highest BCUT2D eigenvalue weighted by molar-refractivity contribution is 5.91. The summed E-state index contributed by atoms with van der Waals surface area (Å²) in [6.45, 7) is 14.7. The summed E-state index contributed by atoms with van der Waals surface area (Å²) in [7, 11) is 0. The Balaban J connectivity index is 2.50. The maximum atomic E-state index is 12.9. The van der Waals surface area contributed by atoms with Crippen molar-refractivity contribution in [1.29, 1.82) is 0 Å². The van der Waals surface area contributed by atoms with Crippen molar-refractivity contribution in [3.8, 4) is 5.75 Å². The van der Waals surface area contributed by atoms with Gasteiger partial charge in [0.2, 0.25) is 0 Å². The van der Waals surface area contributed by atoms with Gasteiger partial charge in [0.1, 0.15) is 5.75 Å². The predicted molar refractivity (Wildman–Crippen MR) is 125 cm³/mol. The lowest BCUT2D eigenvalue weighted by Gasteiger charge is -2.24. The van der Waals surface area contributed by atoms with Gasteiger partial charge in [0.15, 0.2) is 0 Å². The molecule has 4 heteroatoms. The summed E-state index contributed by atoms with van der Waals surface area (Å²) >= 11 is 0. The zero-order valence-electron chi connectivity index (χ0n) is 19.9. The Kier molecular flexibility index (Phi) is 8.85. The zero-order chi connectivity index (χ0) is 23.1. The minimum absolute atomic E-state index is 0.0224. The van der Waals surface area contributed by atoms with Crippen molar-refractivity contribution in [3.05, 3.63) is 64.7 Å². The van der Waals surface area contributed by atoms with E-state index in [1.54, 1.807) is 12.1 Å². The van der Waals surface area contributed by atoms with Crippen LogP contribution in [-0.4, -0.2) is 18.5 Å². The van der Waals surface area contributed by atoms with Crippen molar-refractivity contribution in [1.82, 2.24) is 0 Å². The molecule has 0 heterocycles. The maximum Gasteiger partial charge on any atom is 0.343 e. The summed E-state index contributed by atoms with van der Waals surface area (Å²) in [5.74, 6) is 0.368. The molecule has 0 aliphatic heterocycles. The Hall–Kier alpha value is -2.62. The fraction of sp³-hybridized carbons (Fsp3) is 0.481. The third-order valence-corrected chi connectivity index (χ3v) is 5.59. The number of esters is 2. The molecule has 0 saturated heterocycles. The molecular weight excluding hydrogens is 388 g/mol. The molecule has 2 aromatic carbocycles. The van der Waals surface area contributed by atoms with Crippen LogP contribution in [0.15, 0.2) is 42.5 Å². The minimum Gasteiger partial charge on any atom is -0.466 e. The van der Waals surface area contributed by atoms with Gasteiger partial charge in [0.05, 0.1) is 18.1 Å². The highest BCUT2D eigenvalue weighted by Crippen LogP contribution is 2.40. The summed E-state index contributed by atoms with van der Waals surface area (Å²) in [5, 5.41) is 0. The topological polar surface area (TPSA) is 52.6 Å². The molecule has 0 fully saturated rings. The molecule has 168 valence electrons. The van der Waals surface area contributed by atoms with Crippen LogP contribution in [0.1, 0.15) is 99.7 Å². The first kappa shape index (κ1) is 24.6. The van der Waals surface area contributed by atoms with Crippen LogP contribution in [0.4, 0.5) is 0 Å². The fourth-order valence-electron chi connectivity index (χ4n) is 3.71. The van der Waals surface area contributed by atoms with Crippen LogP contribution in [0.2, 0.25) is 0 Å². The molecule has 0 aromatic heterocycles. The Bertz CT molecular complexity index is 884. The van der Waals surface area contributed by atoms with Gasteiger partial charge in [-0.05, 0) is 59.9 Å². The average molecular weight is 425 g/mol. The predicted octanol–water partition coefficient (Wildman–Crippen LogP) is 6.85. The molecule has 2 unspecified atom stereocenters. The highest BCUT2D eigenvalue weighted by atomic mass is 16.5. The van der Waals surface area contributed by atoms with E-state index < -0.39 is 0 Å². The Labute approximate surface area is 187 Å². The van der Waals surface area contributed by atoms with Gasteiger partial charge in [-0.25, -0.2) is 4.79 Å². The molecule has 0 radical (unpaired) electrons. The quantitative estimate of drug-likeness (QED) is 0.326. The number of hydrogen-bond donors (Lipinski definition) is 0. The summed E-state index contributed by atoms with van der Waals surface area (Å²) in [6, 6.07) is 13.3. The van der Waals surface area contributed by atoms with Gasteiger partial charge in [0.25, 0.3) is 0 Å². The van der Waals surface area contributed by atoms with Crippen LogP contribution in [0.25, 0.3) is 0 Å². The first-order chi connectivity index (χ1) is 14.6. The number of ether oxygens (including phenoxy) is 2. The second-order valence-corrected chi connectivity index (χ2v) is 8.88. The lowest BCUT2D eigenvalue weighted by Crippen LogP contribution is -2.18. The third kappa shape index (κ3) is 6.43. The first-order valence-corrected chi connectivity index (χ1v) is 11.3. The molecule has 0 aliphatic carbocycles. The van der Waals surface area contributed by atoms with Crippen molar-refractivity contribution in [2.45, 2.75) is 72.6 Å². The van der Waals surface area contributed by atoms with E-state index in [1.165, 1.54) is 5.56 Å². The van der Waals surface area contributed by atoms with Crippen LogP contribution < -0.4 is 4.74 Å². The van der Waals surface area contributed by atoms with Gasteiger partial charge >= 0.3 is 11.9 Å². The number of rotatable bonds is 9. The number of carbonyl (C=O) groups is 2. The van der Waals surface area contributed by atoms with Crippen molar-refractivity contribution in [2.24, 2.45) is 5.92 Å².